The van der Waals surface area contributed by atoms with Gasteiger partial charge in [0.15, 0.2) is 19.0 Å². The number of rotatable bonds is 8. The molecule has 0 unspecified atom stereocenters. The van der Waals surface area contributed by atoms with Crippen LogP contribution in [0.4, 0.5) is 0 Å². The van der Waals surface area contributed by atoms with Crippen molar-refractivity contribution in [3.8, 4) is 11.8 Å². The Labute approximate surface area is 169 Å². The van der Waals surface area contributed by atoms with Crippen LogP contribution in [0, 0.1) is 11.3 Å². The highest BCUT2D eigenvalue weighted by Gasteiger charge is 2.27. The zero-order chi connectivity index (χ0) is 21.4. The lowest BCUT2D eigenvalue weighted by Crippen LogP contribution is -2.45. The van der Waals surface area contributed by atoms with Crippen molar-refractivity contribution in [2.45, 2.75) is 19.4 Å². The number of esters is 1. The molecule has 7 heteroatoms. The monoisotopic (exact) mass is 394 g/mol. The van der Waals surface area contributed by atoms with Gasteiger partial charge in [-0.3, -0.25) is 9.59 Å². The van der Waals surface area contributed by atoms with E-state index in [0.29, 0.717) is 16.9 Å². The molecular weight excluding hydrogens is 372 g/mol. The Balaban J connectivity index is 1.83. The molecule has 0 radical (unpaired) electrons. The van der Waals surface area contributed by atoms with Gasteiger partial charge in [-0.2, -0.15) is 5.26 Å². The normalized spacial score (nSPS) is 10.6. The van der Waals surface area contributed by atoms with Crippen LogP contribution in [0.5, 0.6) is 5.75 Å². The third-order valence-electron chi connectivity index (χ3n) is 4.35. The second-order valence-electron chi connectivity index (χ2n) is 6.79. The lowest BCUT2D eigenvalue weighted by Gasteiger charge is -2.28. The Hall–Kier alpha value is -3.66. The van der Waals surface area contributed by atoms with E-state index in [0.717, 1.165) is 0 Å². The molecule has 0 bridgehead atoms. The van der Waals surface area contributed by atoms with E-state index in [1.54, 1.807) is 62.4 Å². The van der Waals surface area contributed by atoms with E-state index in [1.807, 2.05) is 12.1 Å². The summed E-state index contributed by atoms with van der Waals surface area (Å²) < 4.78 is 10.2. The molecule has 0 aliphatic heterocycles. The maximum atomic E-state index is 12.3. The molecule has 0 aliphatic rings. The number of ether oxygens (including phenoxy) is 2. The first kappa shape index (κ1) is 21.6. The van der Waals surface area contributed by atoms with Gasteiger partial charge in [-0.15, -0.1) is 0 Å². The average Bonchev–Trinajstić information content (AvgIpc) is 2.75. The van der Waals surface area contributed by atoms with Crippen molar-refractivity contribution in [2.24, 2.45) is 0 Å². The van der Waals surface area contributed by atoms with Crippen LogP contribution in [-0.4, -0.2) is 48.4 Å². The third-order valence-corrected chi connectivity index (χ3v) is 4.35. The molecule has 0 heterocycles. The summed E-state index contributed by atoms with van der Waals surface area (Å²) in [6, 6.07) is 17.3. The second kappa shape index (κ2) is 9.51. The van der Waals surface area contributed by atoms with Gasteiger partial charge in [0.25, 0.3) is 5.91 Å². The zero-order valence-electron chi connectivity index (χ0n) is 16.5. The van der Waals surface area contributed by atoms with Crippen LogP contribution in [-0.2, 0) is 14.3 Å². The first-order valence-corrected chi connectivity index (χ1v) is 8.91. The number of hydrogen-bond donors (Lipinski definition) is 0. The molecule has 0 aromatic heterocycles. The Morgan fingerprint density at radius 1 is 0.966 bits per heavy atom. The molecule has 0 atom stereocenters. The van der Waals surface area contributed by atoms with Crippen molar-refractivity contribution in [1.29, 1.82) is 5.26 Å². The van der Waals surface area contributed by atoms with E-state index in [1.165, 1.54) is 11.9 Å². The van der Waals surface area contributed by atoms with E-state index in [2.05, 4.69) is 0 Å². The zero-order valence-corrected chi connectivity index (χ0v) is 16.5. The third kappa shape index (κ3) is 5.91. The predicted octanol–water partition coefficient (Wildman–Crippen LogP) is 2.60. The summed E-state index contributed by atoms with van der Waals surface area (Å²) >= 11 is 0. The van der Waals surface area contributed by atoms with Crippen LogP contribution in [0.15, 0.2) is 54.6 Å². The minimum Gasteiger partial charge on any atom is -0.482 e. The van der Waals surface area contributed by atoms with Crippen molar-refractivity contribution in [1.82, 2.24) is 4.90 Å². The lowest BCUT2D eigenvalue weighted by molar-refractivity contribution is -0.154. The summed E-state index contributed by atoms with van der Waals surface area (Å²) in [6.07, 6.45) is 0. The molecule has 0 N–H and O–H groups in total. The van der Waals surface area contributed by atoms with Crippen molar-refractivity contribution >= 4 is 17.7 Å². The van der Waals surface area contributed by atoms with Crippen molar-refractivity contribution in [2.75, 3.05) is 20.3 Å². The summed E-state index contributed by atoms with van der Waals surface area (Å²) in [5, 5.41) is 9.03. The smallest absolute Gasteiger partial charge is 0.344 e. The van der Waals surface area contributed by atoms with Crippen molar-refractivity contribution in [3.05, 3.63) is 65.7 Å². The number of carbonyl (C=O) groups is 3. The number of benzene rings is 2. The number of nitriles is 1. The van der Waals surface area contributed by atoms with Gasteiger partial charge in [-0.1, -0.05) is 30.3 Å². The highest BCUT2D eigenvalue weighted by atomic mass is 16.6. The van der Waals surface area contributed by atoms with Crippen molar-refractivity contribution in [3.63, 3.8) is 0 Å². The van der Waals surface area contributed by atoms with Gasteiger partial charge in [-0.25, -0.2) is 4.79 Å². The topological polar surface area (TPSA) is 96.7 Å². The number of amides is 1. The molecule has 150 valence electrons. The van der Waals surface area contributed by atoms with Gasteiger partial charge >= 0.3 is 5.97 Å². The average molecular weight is 394 g/mol. The highest BCUT2D eigenvalue weighted by Crippen LogP contribution is 2.16. The number of nitrogens with zero attached hydrogens (tertiary/aromatic N) is 2. The fourth-order valence-corrected chi connectivity index (χ4v) is 2.27. The number of likely N-dealkylation sites (N-methyl/N-ethyl adjacent to an activating group) is 1. The molecule has 29 heavy (non-hydrogen) atoms. The van der Waals surface area contributed by atoms with E-state index >= 15 is 0 Å². The summed E-state index contributed by atoms with van der Waals surface area (Å²) in [5.74, 6) is -0.931. The van der Waals surface area contributed by atoms with Gasteiger partial charge in [-0.05, 0) is 38.1 Å². The van der Waals surface area contributed by atoms with Gasteiger partial charge < -0.3 is 14.4 Å². The number of ketones is 1. The van der Waals surface area contributed by atoms with E-state index < -0.39 is 24.0 Å². The summed E-state index contributed by atoms with van der Waals surface area (Å²) in [6.45, 7) is 2.31. The molecule has 0 fully saturated rings. The van der Waals surface area contributed by atoms with E-state index in [9.17, 15) is 14.4 Å². The summed E-state index contributed by atoms with van der Waals surface area (Å²) in [5.41, 5.74) is 0.0812. The minimum absolute atomic E-state index is 0.112. The van der Waals surface area contributed by atoms with Crippen LogP contribution >= 0.6 is 0 Å². The summed E-state index contributed by atoms with van der Waals surface area (Å²) in [4.78, 5) is 37.3. The highest BCUT2D eigenvalue weighted by molar-refractivity contribution is 6.08. The standard InChI is InChI=1S/C22H22N2O5/c1-22(2,15-23)24(3)19(25)13-29-20(26)14-28-18-11-9-17(10-12-18)21(27)16-7-5-4-6-8-16/h4-12H,13-14H2,1-3H3. The molecule has 0 spiro atoms. The fraction of sp³-hybridized carbons (Fsp3) is 0.273. The Kier molecular flexibility index (Phi) is 7.10. The molecule has 7 nitrogen and oxygen atoms in total. The van der Waals surface area contributed by atoms with Crippen LogP contribution in [0.1, 0.15) is 29.8 Å². The summed E-state index contributed by atoms with van der Waals surface area (Å²) in [7, 11) is 1.47. The SMILES string of the molecule is CN(C(=O)COC(=O)COc1ccc(C(=O)c2ccccc2)cc1)C(C)(C)C#N. The first-order chi connectivity index (χ1) is 13.7. The lowest BCUT2D eigenvalue weighted by atomic mass is 10.0. The molecule has 2 aromatic carbocycles. The van der Waals surface area contributed by atoms with Crippen LogP contribution in [0.2, 0.25) is 0 Å². The molecule has 1 amide bonds. The Morgan fingerprint density at radius 3 is 2.14 bits per heavy atom. The second-order valence-corrected chi connectivity index (χ2v) is 6.79. The maximum absolute atomic E-state index is 12.3. The van der Waals surface area contributed by atoms with Gasteiger partial charge in [0.1, 0.15) is 11.3 Å². The van der Waals surface area contributed by atoms with Crippen LogP contribution < -0.4 is 4.74 Å². The fourth-order valence-electron chi connectivity index (χ4n) is 2.27. The molecule has 0 saturated heterocycles. The molecule has 2 rings (SSSR count). The molecule has 0 saturated carbocycles. The first-order valence-electron chi connectivity index (χ1n) is 8.91. The largest absolute Gasteiger partial charge is 0.482 e. The number of hydrogen-bond acceptors (Lipinski definition) is 6. The minimum atomic E-state index is -1.00. The maximum Gasteiger partial charge on any atom is 0.344 e. The van der Waals surface area contributed by atoms with E-state index in [4.69, 9.17) is 14.7 Å². The molecular formula is C22H22N2O5. The molecule has 2 aromatic rings. The van der Waals surface area contributed by atoms with Crippen molar-refractivity contribution < 1.29 is 23.9 Å². The Bertz CT molecular complexity index is 914. The van der Waals surface area contributed by atoms with Crippen LogP contribution in [0.25, 0.3) is 0 Å². The predicted molar refractivity (Wildman–Crippen MR) is 105 cm³/mol. The van der Waals surface area contributed by atoms with Crippen LogP contribution in [0.3, 0.4) is 0 Å². The van der Waals surface area contributed by atoms with Gasteiger partial charge in [0.05, 0.1) is 6.07 Å². The molecule has 0 aliphatic carbocycles. The quantitative estimate of drug-likeness (QED) is 0.504. The number of carbonyl (C=O) groups excluding carboxylic acids is 3. The van der Waals surface area contributed by atoms with Gasteiger partial charge in [0, 0.05) is 18.2 Å². The Morgan fingerprint density at radius 2 is 1.55 bits per heavy atom. The van der Waals surface area contributed by atoms with Gasteiger partial charge in [0.2, 0.25) is 0 Å². The van der Waals surface area contributed by atoms with E-state index in [-0.39, 0.29) is 12.4 Å².